The van der Waals surface area contributed by atoms with E-state index in [1.807, 2.05) is 12.3 Å². The van der Waals surface area contributed by atoms with Crippen LogP contribution >= 0.6 is 11.3 Å². The van der Waals surface area contributed by atoms with Gasteiger partial charge >= 0.3 is 0 Å². The average Bonchev–Trinajstić information content (AvgIpc) is 2.34. The fourth-order valence-electron chi connectivity index (χ4n) is 0.575. The van der Waals surface area contributed by atoms with Crippen molar-refractivity contribution in [1.29, 1.82) is 0 Å². The highest BCUT2D eigenvalue weighted by molar-refractivity contribution is 7.09. The number of hydrogen-bond acceptors (Lipinski definition) is 4. The van der Waals surface area contributed by atoms with Crippen LogP contribution in [0.15, 0.2) is 5.38 Å². The third kappa shape index (κ3) is 1.46. The Morgan fingerprint density at radius 1 is 1.80 bits per heavy atom. The van der Waals surface area contributed by atoms with E-state index >= 15 is 0 Å². The van der Waals surface area contributed by atoms with Crippen molar-refractivity contribution in [3.8, 4) is 5.88 Å². The number of thiazole rings is 1. The van der Waals surface area contributed by atoms with Crippen LogP contribution in [0.2, 0.25) is 0 Å². The Morgan fingerprint density at radius 3 is 2.80 bits per heavy atom. The molecule has 0 aliphatic rings. The first-order valence-corrected chi connectivity index (χ1v) is 3.87. The van der Waals surface area contributed by atoms with Crippen LogP contribution in [-0.4, -0.2) is 12.1 Å². The minimum absolute atomic E-state index is 0.00824. The molecule has 0 aliphatic heterocycles. The molecule has 0 bridgehead atoms. The molecule has 2 N–H and O–H groups in total. The van der Waals surface area contributed by atoms with Gasteiger partial charge in [0.05, 0.1) is 18.5 Å². The van der Waals surface area contributed by atoms with Crippen molar-refractivity contribution in [1.82, 2.24) is 4.98 Å². The lowest BCUT2D eigenvalue weighted by Gasteiger charge is -1.96. The zero-order valence-electron chi connectivity index (χ0n) is 6.00. The van der Waals surface area contributed by atoms with Gasteiger partial charge in [-0.15, -0.1) is 11.3 Å². The number of nitrogens with two attached hydrogens (primary N) is 1. The largest absolute Gasteiger partial charge is 0.480 e. The molecule has 0 aromatic carbocycles. The van der Waals surface area contributed by atoms with E-state index in [1.54, 1.807) is 7.11 Å². The summed E-state index contributed by atoms with van der Waals surface area (Å²) in [5.74, 6) is 0.650. The summed E-state index contributed by atoms with van der Waals surface area (Å²) in [6.45, 7) is 1.90. The number of nitrogens with zero attached hydrogens (tertiary/aromatic N) is 1. The molecular formula is C6H10N2OS. The Morgan fingerprint density at radius 2 is 2.50 bits per heavy atom. The Balaban J connectivity index is 2.78. The normalized spacial score (nSPS) is 13.1. The summed E-state index contributed by atoms with van der Waals surface area (Å²) in [5, 5.41) is 2.76. The predicted octanol–water partition coefficient (Wildman–Crippen LogP) is 1.17. The quantitative estimate of drug-likeness (QED) is 0.702. The number of methoxy groups -OCH3 is 1. The highest BCUT2D eigenvalue weighted by Crippen LogP contribution is 2.19. The van der Waals surface area contributed by atoms with E-state index in [-0.39, 0.29) is 6.04 Å². The molecule has 3 nitrogen and oxygen atoms in total. The molecular weight excluding hydrogens is 148 g/mol. The summed E-state index contributed by atoms with van der Waals surface area (Å²) in [4.78, 5) is 4.10. The molecule has 0 radical (unpaired) electrons. The van der Waals surface area contributed by atoms with Crippen LogP contribution in [0, 0.1) is 0 Å². The highest BCUT2D eigenvalue weighted by atomic mass is 32.1. The molecule has 1 rings (SSSR count). The van der Waals surface area contributed by atoms with Gasteiger partial charge in [0.15, 0.2) is 0 Å². The number of ether oxygens (including phenoxy) is 1. The standard InChI is InChI=1S/C6H10N2OS/c1-4(7)6-8-5(9-2)3-10-6/h3-4H,7H2,1-2H3. The summed E-state index contributed by atoms with van der Waals surface area (Å²) in [6, 6.07) is 0.00824. The Labute approximate surface area is 63.8 Å². The first-order chi connectivity index (χ1) is 4.74. The van der Waals surface area contributed by atoms with Crippen LogP contribution in [0.4, 0.5) is 0 Å². The summed E-state index contributed by atoms with van der Waals surface area (Å²) in [7, 11) is 1.60. The third-order valence-corrected chi connectivity index (χ3v) is 2.12. The van der Waals surface area contributed by atoms with Crippen molar-refractivity contribution in [2.45, 2.75) is 13.0 Å². The van der Waals surface area contributed by atoms with E-state index in [9.17, 15) is 0 Å². The van der Waals surface area contributed by atoms with Gasteiger partial charge in [0.25, 0.3) is 0 Å². The van der Waals surface area contributed by atoms with Crippen molar-refractivity contribution in [3.05, 3.63) is 10.4 Å². The van der Waals surface area contributed by atoms with E-state index in [0.29, 0.717) is 5.88 Å². The van der Waals surface area contributed by atoms with Crippen molar-refractivity contribution in [3.63, 3.8) is 0 Å². The van der Waals surface area contributed by atoms with Crippen LogP contribution < -0.4 is 10.5 Å². The van der Waals surface area contributed by atoms with E-state index in [4.69, 9.17) is 10.5 Å². The smallest absolute Gasteiger partial charge is 0.224 e. The molecule has 1 atom stereocenters. The van der Waals surface area contributed by atoms with Crippen molar-refractivity contribution in [2.75, 3.05) is 7.11 Å². The van der Waals surface area contributed by atoms with Crippen molar-refractivity contribution < 1.29 is 4.74 Å². The number of aromatic nitrogens is 1. The number of hydrogen-bond donors (Lipinski definition) is 1. The van der Waals surface area contributed by atoms with Gasteiger partial charge in [-0.05, 0) is 6.92 Å². The average molecular weight is 158 g/mol. The predicted molar refractivity (Wildman–Crippen MR) is 41.3 cm³/mol. The van der Waals surface area contributed by atoms with Crippen molar-refractivity contribution in [2.24, 2.45) is 5.73 Å². The van der Waals surface area contributed by atoms with Gasteiger partial charge in [0.2, 0.25) is 5.88 Å². The molecule has 1 heterocycles. The molecule has 10 heavy (non-hydrogen) atoms. The lowest BCUT2D eigenvalue weighted by Crippen LogP contribution is -2.03. The molecule has 0 saturated carbocycles. The SMILES string of the molecule is COc1csc(C(C)N)n1. The molecule has 56 valence electrons. The van der Waals surface area contributed by atoms with Crippen molar-refractivity contribution >= 4 is 11.3 Å². The van der Waals surface area contributed by atoms with E-state index < -0.39 is 0 Å². The maximum atomic E-state index is 5.57. The summed E-state index contributed by atoms with van der Waals surface area (Å²) >= 11 is 1.52. The van der Waals surface area contributed by atoms with Gasteiger partial charge in [0, 0.05) is 0 Å². The maximum Gasteiger partial charge on any atom is 0.224 e. The number of rotatable bonds is 2. The second-order valence-electron chi connectivity index (χ2n) is 2.02. The van der Waals surface area contributed by atoms with Gasteiger partial charge in [-0.2, -0.15) is 0 Å². The maximum absolute atomic E-state index is 5.57. The Hall–Kier alpha value is -0.610. The molecule has 0 fully saturated rings. The topological polar surface area (TPSA) is 48.1 Å². The molecule has 1 aromatic rings. The zero-order chi connectivity index (χ0) is 7.56. The molecule has 0 saturated heterocycles. The van der Waals surface area contributed by atoms with Crippen LogP contribution in [0.5, 0.6) is 5.88 Å². The minimum Gasteiger partial charge on any atom is -0.480 e. The lowest BCUT2D eigenvalue weighted by molar-refractivity contribution is 0.399. The van der Waals surface area contributed by atoms with Crippen LogP contribution in [-0.2, 0) is 0 Å². The second kappa shape index (κ2) is 2.98. The van der Waals surface area contributed by atoms with Crippen LogP contribution in [0.3, 0.4) is 0 Å². The molecule has 0 aliphatic carbocycles. The van der Waals surface area contributed by atoms with Gasteiger partial charge in [-0.3, -0.25) is 0 Å². The molecule has 0 amide bonds. The van der Waals surface area contributed by atoms with Crippen LogP contribution in [0.1, 0.15) is 18.0 Å². The summed E-state index contributed by atoms with van der Waals surface area (Å²) < 4.78 is 4.89. The highest BCUT2D eigenvalue weighted by Gasteiger charge is 2.04. The first kappa shape index (κ1) is 7.50. The summed E-state index contributed by atoms with van der Waals surface area (Å²) in [5.41, 5.74) is 5.57. The molecule has 1 aromatic heterocycles. The van der Waals surface area contributed by atoms with Crippen LogP contribution in [0.25, 0.3) is 0 Å². The molecule has 0 spiro atoms. The minimum atomic E-state index is 0.00824. The fraction of sp³-hybridized carbons (Fsp3) is 0.500. The molecule has 1 unspecified atom stereocenters. The monoisotopic (exact) mass is 158 g/mol. The van der Waals surface area contributed by atoms with Gasteiger partial charge < -0.3 is 10.5 Å². The first-order valence-electron chi connectivity index (χ1n) is 2.99. The van der Waals surface area contributed by atoms with Gasteiger partial charge in [-0.25, -0.2) is 4.98 Å². The zero-order valence-corrected chi connectivity index (χ0v) is 6.81. The van der Waals surface area contributed by atoms with Gasteiger partial charge in [0.1, 0.15) is 5.01 Å². The third-order valence-electron chi connectivity index (χ3n) is 1.10. The van der Waals surface area contributed by atoms with E-state index in [1.165, 1.54) is 11.3 Å². The van der Waals surface area contributed by atoms with E-state index in [0.717, 1.165) is 5.01 Å². The molecule has 4 heteroatoms. The van der Waals surface area contributed by atoms with E-state index in [2.05, 4.69) is 4.98 Å². The second-order valence-corrected chi connectivity index (χ2v) is 2.91. The van der Waals surface area contributed by atoms with Gasteiger partial charge in [-0.1, -0.05) is 0 Å². The lowest BCUT2D eigenvalue weighted by atomic mass is 10.4. The Bertz CT molecular complexity index is 209. The summed E-state index contributed by atoms with van der Waals surface area (Å²) in [6.07, 6.45) is 0. The fourth-order valence-corrected chi connectivity index (χ4v) is 1.30. The Kier molecular flexibility index (Phi) is 2.24.